The zero-order valence-corrected chi connectivity index (χ0v) is 9.62. The van der Waals surface area contributed by atoms with Crippen molar-refractivity contribution in [1.29, 1.82) is 0 Å². The van der Waals surface area contributed by atoms with E-state index in [0.29, 0.717) is 0 Å². The fourth-order valence-electron chi connectivity index (χ4n) is 2.41. The van der Waals surface area contributed by atoms with Gasteiger partial charge in [-0.15, -0.1) is 0 Å². The number of rotatable bonds is 1. The van der Waals surface area contributed by atoms with E-state index in [1.54, 1.807) is 4.68 Å². The predicted octanol–water partition coefficient (Wildman–Crippen LogP) is 0.539. The Kier molecular flexibility index (Phi) is 2.17. The van der Waals surface area contributed by atoms with Crippen LogP contribution in [0.1, 0.15) is 31.5 Å². The van der Waals surface area contributed by atoms with Gasteiger partial charge in [0.25, 0.3) is 0 Å². The fourth-order valence-corrected chi connectivity index (χ4v) is 2.41. The molecule has 84 valence electrons. The van der Waals surface area contributed by atoms with Crippen LogP contribution in [0.4, 0.5) is 0 Å². The smallest absolute Gasteiger partial charge is 0.0729 e. The third-order valence-electron chi connectivity index (χ3n) is 3.83. The maximum Gasteiger partial charge on any atom is 0.0729 e. The first-order valence-corrected chi connectivity index (χ1v) is 5.33. The Morgan fingerprint density at radius 3 is 2.87 bits per heavy atom. The molecule has 4 nitrogen and oxygen atoms in total. The number of fused-ring (bicyclic) bond motifs is 1. The summed E-state index contributed by atoms with van der Waals surface area (Å²) in [6, 6.07) is 0. The van der Waals surface area contributed by atoms with Crippen molar-refractivity contribution in [1.82, 2.24) is 9.78 Å². The molecule has 4 heteroatoms. The van der Waals surface area contributed by atoms with Gasteiger partial charge in [-0.3, -0.25) is 4.68 Å². The maximum atomic E-state index is 9.58. The molecule has 0 spiro atoms. The monoisotopic (exact) mass is 209 g/mol. The van der Waals surface area contributed by atoms with E-state index in [2.05, 4.69) is 18.9 Å². The van der Waals surface area contributed by atoms with E-state index >= 15 is 0 Å². The molecule has 1 unspecified atom stereocenters. The van der Waals surface area contributed by atoms with Crippen LogP contribution in [0, 0.1) is 5.41 Å². The summed E-state index contributed by atoms with van der Waals surface area (Å²) < 4.78 is 1.78. The van der Waals surface area contributed by atoms with Crippen LogP contribution in [0.5, 0.6) is 0 Å². The van der Waals surface area contributed by atoms with Gasteiger partial charge in [0, 0.05) is 18.8 Å². The van der Waals surface area contributed by atoms with Crippen LogP contribution in [0.15, 0.2) is 6.20 Å². The molecule has 1 atom stereocenters. The van der Waals surface area contributed by atoms with E-state index < -0.39 is 5.54 Å². The number of aromatic nitrogens is 2. The van der Waals surface area contributed by atoms with Gasteiger partial charge in [-0.2, -0.15) is 5.10 Å². The third kappa shape index (κ3) is 1.32. The Balaban J connectivity index is 2.58. The molecule has 1 aromatic rings. The minimum Gasteiger partial charge on any atom is -0.394 e. The summed E-state index contributed by atoms with van der Waals surface area (Å²) in [6.07, 6.45) is 3.85. The molecule has 2 rings (SSSR count). The summed E-state index contributed by atoms with van der Waals surface area (Å²) in [6.45, 7) is 4.19. The molecule has 0 bridgehead atoms. The Morgan fingerprint density at radius 1 is 1.60 bits per heavy atom. The Morgan fingerprint density at radius 2 is 2.27 bits per heavy atom. The summed E-state index contributed by atoms with van der Waals surface area (Å²) in [5.41, 5.74) is 7.65. The number of aryl methyl sites for hydroxylation is 2. The van der Waals surface area contributed by atoms with Crippen molar-refractivity contribution in [3.8, 4) is 0 Å². The average molecular weight is 209 g/mol. The van der Waals surface area contributed by atoms with E-state index in [-0.39, 0.29) is 12.0 Å². The number of aliphatic hydroxyl groups excluding tert-OH is 1. The van der Waals surface area contributed by atoms with Gasteiger partial charge >= 0.3 is 0 Å². The van der Waals surface area contributed by atoms with Crippen LogP contribution in [-0.2, 0) is 19.0 Å². The average Bonchev–Trinajstić information content (AvgIpc) is 2.54. The van der Waals surface area contributed by atoms with Gasteiger partial charge in [-0.25, -0.2) is 0 Å². The lowest BCUT2D eigenvalue weighted by Gasteiger charge is -2.46. The van der Waals surface area contributed by atoms with Gasteiger partial charge < -0.3 is 10.8 Å². The Labute approximate surface area is 90.1 Å². The SMILES string of the molecule is Cn1cc2c(n1)CCC(C)(C)C2(N)CO. The summed E-state index contributed by atoms with van der Waals surface area (Å²) in [7, 11) is 1.89. The van der Waals surface area contributed by atoms with Crippen molar-refractivity contribution in [2.45, 2.75) is 32.2 Å². The number of nitrogens with zero attached hydrogens (tertiary/aromatic N) is 2. The number of hydrogen-bond acceptors (Lipinski definition) is 3. The summed E-state index contributed by atoms with van der Waals surface area (Å²) >= 11 is 0. The lowest BCUT2D eigenvalue weighted by atomic mass is 9.63. The molecule has 0 aliphatic heterocycles. The van der Waals surface area contributed by atoms with Gasteiger partial charge in [0.2, 0.25) is 0 Å². The van der Waals surface area contributed by atoms with Crippen LogP contribution < -0.4 is 5.73 Å². The molecule has 0 radical (unpaired) electrons. The van der Waals surface area contributed by atoms with Crippen molar-refractivity contribution in [2.75, 3.05) is 6.61 Å². The largest absolute Gasteiger partial charge is 0.394 e. The van der Waals surface area contributed by atoms with Gasteiger partial charge in [-0.05, 0) is 18.3 Å². The molecule has 0 fully saturated rings. The molecule has 3 N–H and O–H groups in total. The standard InChI is InChI=1S/C11H19N3O/c1-10(2)5-4-9-8(6-14(3)13-9)11(10,12)7-15/h6,15H,4-5,7,12H2,1-3H3. The zero-order valence-electron chi connectivity index (χ0n) is 9.62. The molecule has 1 aromatic heterocycles. The van der Waals surface area contributed by atoms with Crippen LogP contribution in [0.3, 0.4) is 0 Å². The molecular formula is C11H19N3O. The van der Waals surface area contributed by atoms with Crippen molar-refractivity contribution >= 4 is 0 Å². The first kappa shape index (κ1) is 10.6. The van der Waals surface area contributed by atoms with E-state index in [0.717, 1.165) is 24.1 Å². The highest BCUT2D eigenvalue weighted by molar-refractivity contribution is 5.32. The topological polar surface area (TPSA) is 64.1 Å². The molecule has 0 saturated carbocycles. The normalized spacial score (nSPS) is 28.9. The van der Waals surface area contributed by atoms with E-state index in [1.807, 2.05) is 13.2 Å². The second-order valence-corrected chi connectivity index (χ2v) is 5.18. The van der Waals surface area contributed by atoms with Gasteiger partial charge in [0.15, 0.2) is 0 Å². The highest BCUT2D eigenvalue weighted by Gasteiger charge is 2.47. The summed E-state index contributed by atoms with van der Waals surface area (Å²) in [4.78, 5) is 0. The van der Waals surface area contributed by atoms with E-state index in [9.17, 15) is 5.11 Å². The van der Waals surface area contributed by atoms with Crippen molar-refractivity contribution in [2.24, 2.45) is 18.2 Å². The van der Waals surface area contributed by atoms with Gasteiger partial charge in [0.1, 0.15) is 0 Å². The Bertz CT molecular complexity index is 383. The zero-order chi connectivity index (χ0) is 11.3. The van der Waals surface area contributed by atoms with Crippen molar-refractivity contribution < 1.29 is 5.11 Å². The van der Waals surface area contributed by atoms with Crippen LogP contribution >= 0.6 is 0 Å². The summed E-state index contributed by atoms with van der Waals surface area (Å²) in [5.74, 6) is 0. The Hall–Kier alpha value is -0.870. The van der Waals surface area contributed by atoms with Crippen molar-refractivity contribution in [3.63, 3.8) is 0 Å². The molecule has 0 aromatic carbocycles. The molecule has 15 heavy (non-hydrogen) atoms. The number of hydrogen-bond donors (Lipinski definition) is 2. The van der Waals surface area contributed by atoms with E-state index in [1.165, 1.54) is 0 Å². The van der Waals surface area contributed by atoms with Gasteiger partial charge in [0.05, 0.1) is 17.8 Å². The minimum absolute atomic E-state index is 0.0291. The van der Waals surface area contributed by atoms with E-state index in [4.69, 9.17) is 5.73 Å². The minimum atomic E-state index is -0.658. The fraction of sp³-hybridized carbons (Fsp3) is 0.727. The molecule has 1 aliphatic carbocycles. The first-order valence-electron chi connectivity index (χ1n) is 5.33. The molecule has 1 heterocycles. The second kappa shape index (κ2) is 3.06. The predicted molar refractivity (Wildman–Crippen MR) is 58.3 cm³/mol. The van der Waals surface area contributed by atoms with Crippen molar-refractivity contribution in [3.05, 3.63) is 17.5 Å². The second-order valence-electron chi connectivity index (χ2n) is 5.18. The molecule has 1 aliphatic rings. The third-order valence-corrected chi connectivity index (χ3v) is 3.83. The van der Waals surface area contributed by atoms with Crippen LogP contribution in [0.25, 0.3) is 0 Å². The molecular weight excluding hydrogens is 190 g/mol. The summed E-state index contributed by atoms with van der Waals surface area (Å²) in [5, 5.41) is 14.0. The maximum absolute atomic E-state index is 9.58. The van der Waals surface area contributed by atoms with Gasteiger partial charge in [-0.1, -0.05) is 13.8 Å². The lowest BCUT2D eigenvalue weighted by Crippen LogP contribution is -2.55. The lowest BCUT2D eigenvalue weighted by molar-refractivity contribution is 0.0630. The molecule has 0 amide bonds. The highest BCUT2D eigenvalue weighted by atomic mass is 16.3. The number of nitrogens with two attached hydrogens (primary N) is 1. The van der Waals surface area contributed by atoms with Crippen LogP contribution in [0.2, 0.25) is 0 Å². The first-order chi connectivity index (χ1) is 6.90. The highest BCUT2D eigenvalue weighted by Crippen LogP contribution is 2.45. The number of aliphatic hydroxyl groups is 1. The molecule has 0 saturated heterocycles. The quantitative estimate of drug-likeness (QED) is 0.709. The van der Waals surface area contributed by atoms with Crippen LogP contribution in [-0.4, -0.2) is 21.5 Å².